The van der Waals surface area contributed by atoms with Gasteiger partial charge in [-0.2, -0.15) is 0 Å². The average molecular weight is 306 g/mol. The Morgan fingerprint density at radius 3 is 2.73 bits per heavy atom. The van der Waals surface area contributed by atoms with Crippen LogP contribution in [-0.2, 0) is 20.7 Å². The molecule has 0 unspecified atom stereocenters. The number of esters is 1. The second-order valence-electron chi connectivity index (χ2n) is 4.84. The molecule has 0 bridgehead atoms. The summed E-state index contributed by atoms with van der Waals surface area (Å²) in [6, 6.07) is 6.62. The third kappa shape index (κ3) is 3.55. The van der Waals surface area contributed by atoms with E-state index < -0.39 is 24.0 Å². The van der Waals surface area contributed by atoms with Crippen molar-refractivity contribution < 1.29 is 23.9 Å². The summed E-state index contributed by atoms with van der Waals surface area (Å²) in [4.78, 5) is 36.4. The molecule has 0 aromatic heterocycles. The van der Waals surface area contributed by atoms with Crippen LogP contribution in [0.2, 0.25) is 0 Å². The molecule has 0 aliphatic carbocycles. The molecule has 1 aliphatic heterocycles. The van der Waals surface area contributed by atoms with Gasteiger partial charge in [0.05, 0.1) is 13.5 Å². The Hall–Kier alpha value is -2.57. The van der Waals surface area contributed by atoms with Gasteiger partial charge in [0.15, 0.2) is 6.10 Å². The average Bonchev–Trinajstić information content (AvgIpc) is 2.93. The first-order valence-corrected chi connectivity index (χ1v) is 6.93. The summed E-state index contributed by atoms with van der Waals surface area (Å²) in [5, 5.41) is 2.52. The topological polar surface area (TPSA) is 84.9 Å². The van der Waals surface area contributed by atoms with Crippen LogP contribution in [0.15, 0.2) is 24.3 Å². The largest absolute Gasteiger partial charge is 0.496 e. The van der Waals surface area contributed by atoms with E-state index in [0.717, 1.165) is 4.90 Å². The van der Waals surface area contributed by atoms with Gasteiger partial charge in [-0.05, 0) is 13.0 Å². The molecule has 3 amide bonds. The molecule has 1 N–H and O–H groups in total. The number of para-hydroxylation sites is 1. The number of urea groups is 1. The molecule has 0 radical (unpaired) electrons. The molecular formula is C15H18N2O5. The van der Waals surface area contributed by atoms with Gasteiger partial charge in [-0.3, -0.25) is 14.5 Å². The molecule has 1 aromatic rings. The van der Waals surface area contributed by atoms with Gasteiger partial charge in [0, 0.05) is 18.7 Å². The zero-order valence-corrected chi connectivity index (χ0v) is 12.5. The van der Waals surface area contributed by atoms with Crippen molar-refractivity contribution in [3.05, 3.63) is 29.8 Å². The van der Waals surface area contributed by atoms with Crippen molar-refractivity contribution in [3.63, 3.8) is 0 Å². The van der Waals surface area contributed by atoms with Gasteiger partial charge in [0.1, 0.15) is 5.75 Å². The Kier molecular flexibility index (Phi) is 4.98. The van der Waals surface area contributed by atoms with Crippen LogP contribution in [0.5, 0.6) is 5.75 Å². The van der Waals surface area contributed by atoms with E-state index in [1.807, 2.05) is 0 Å². The zero-order valence-electron chi connectivity index (χ0n) is 12.5. The van der Waals surface area contributed by atoms with Gasteiger partial charge in [-0.15, -0.1) is 0 Å². The molecule has 118 valence electrons. The second-order valence-corrected chi connectivity index (χ2v) is 4.84. The molecule has 1 aromatic carbocycles. The van der Waals surface area contributed by atoms with Crippen LogP contribution in [0.4, 0.5) is 4.79 Å². The highest BCUT2D eigenvalue weighted by atomic mass is 16.5. The summed E-state index contributed by atoms with van der Waals surface area (Å²) >= 11 is 0. The lowest BCUT2D eigenvalue weighted by Gasteiger charge is -2.18. The van der Waals surface area contributed by atoms with E-state index in [1.165, 1.54) is 14.0 Å². The van der Waals surface area contributed by atoms with E-state index in [2.05, 4.69) is 5.32 Å². The van der Waals surface area contributed by atoms with E-state index in [0.29, 0.717) is 17.9 Å². The number of benzene rings is 1. The number of nitrogens with one attached hydrogen (secondary N) is 1. The quantitative estimate of drug-likeness (QED) is 0.810. The first-order valence-electron chi connectivity index (χ1n) is 6.93. The van der Waals surface area contributed by atoms with Gasteiger partial charge in [0.25, 0.3) is 5.91 Å². The number of amides is 3. The number of carbonyl (C=O) groups is 3. The molecule has 1 aliphatic rings. The van der Waals surface area contributed by atoms with Crippen LogP contribution in [-0.4, -0.2) is 49.1 Å². The van der Waals surface area contributed by atoms with Crippen molar-refractivity contribution in [2.45, 2.75) is 19.4 Å². The highest BCUT2D eigenvalue weighted by Gasteiger charge is 2.31. The fourth-order valence-corrected chi connectivity index (χ4v) is 2.20. The molecule has 1 fully saturated rings. The van der Waals surface area contributed by atoms with Crippen molar-refractivity contribution in [1.82, 2.24) is 10.2 Å². The zero-order chi connectivity index (χ0) is 16.1. The van der Waals surface area contributed by atoms with Crippen LogP contribution >= 0.6 is 0 Å². The predicted molar refractivity (Wildman–Crippen MR) is 77.4 cm³/mol. The van der Waals surface area contributed by atoms with Crippen molar-refractivity contribution in [2.75, 3.05) is 20.2 Å². The molecule has 1 heterocycles. The summed E-state index contributed by atoms with van der Waals surface area (Å²) in [6.45, 7) is 2.15. The van der Waals surface area contributed by atoms with Gasteiger partial charge in [-0.25, -0.2) is 4.79 Å². The number of hydrogen-bond donors (Lipinski definition) is 1. The maximum Gasteiger partial charge on any atom is 0.324 e. The Morgan fingerprint density at radius 2 is 2.09 bits per heavy atom. The van der Waals surface area contributed by atoms with Crippen LogP contribution < -0.4 is 10.1 Å². The molecule has 1 saturated heterocycles. The van der Waals surface area contributed by atoms with Crippen LogP contribution in [0.25, 0.3) is 0 Å². The minimum Gasteiger partial charge on any atom is -0.496 e. The SMILES string of the molecule is COc1ccccc1CC(=O)O[C@@H](C)C(=O)N1CCNC1=O. The number of imide groups is 1. The highest BCUT2D eigenvalue weighted by Crippen LogP contribution is 2.18. The fourth-order valence-electron chi connectivity index (χ4n) is 2.20. The van der Waals surface area contributed by atoms with E-state index in [9.17, 15) is 14.4 Å². The Morgan fingerprint density at radius 1 is 1.36 bits per heavy atom. The number of ether oxygens (including phenoxy) is 2. The Labute approximate surface area is 128 Å². The summed E-state index contributed by atoms with van der Waals surface area (Å²) in [5.74, 6) is -0.495. The minimum absolute atomic E-state index is 0.00612. The van der Waals surface area contributed by atoms with Gasteiger partial charge >= 0.3 is 12.0 Å². The maximum atomic E-state index is 12.0. The molecule has 0 saturated carbocycles. The van der Waals surface area contributed by atoms with E-state index in [-0.39, 0.29) is 13.0 Å². The normalized spacial score (nSPS) is 15.2. The molecule has 0 spiro atoms. The fraction of sp³-hybridized carbons (Fsp3) is 0.400. The summed E-state index contributed by atoms with van der Waals surface area (Å²) in [5.41, 5.74) is 0.675. The Bertz CT molecular complexity index is 587. The lowest BCUT2D eigenvalue weighted by atomic mass is 10.1. The number of hydrogen-bond acceptors (Lipinski definition) is 5. The number of rotatable bonds is 5. The number of nitrogens with zero attached hydrogens (tertiary/aromatic N) is 1. The van der Waals surface area contributed by atoms with Crippen molar-refractivity contribution in [1.29, 1.82) is 0 Å². The smallest absolute Gasteiger partial charge is 0.324 e. The third-order valence-electron chi connectivity index (χ3n) is 3.31. The van der Waals surface area contributed by atoms with Gasteiger partial charge in [0.2, 0.25) is 0 Å². The lowest BCUT2D eigenvalue weighted by Crippen LogP contribution is -2.42. The summed E-state index contributed by atoms with van der Waals surface area (Å²) in [7, 11) is 1.52. The van der Waals surface area contributed by atoms with E-state index in [1.54, 1.807) is 24.3 Å². The molecule has 22 heavy (non-hydrogen) atoms. The minimum atomic E-state index is -1.01. The Balaban J connectivity index is 1.93. The molecule has 1 atom stereocenters. The summed E-state index contributed by atoms with van der Waals surface area (Å²) < 4.78 is 10.3. The molecule has 7 heteroatoms. The van der Waals surface area contributed by atoms with Crippen molar-refractivity contribution >= 4 is 17.9 Å². The number of carbonyl (C=O) groups excluding carboxylic acids is 3. The highest BCUT2D eigenvalue weighted by molar-refractivity contribution is 5.98. The van der Waals surface area contributed by atoms with E-state index in [4.69, 9.17) is 9.47 Å². The van der Waals surface area contributed by atoms with Gasteiger partial charge in [-0.1, -0.05) is 18.2 Å². The van der Waals surface area contributed by atoms with Crippen LogP contribution in [0.1, 0.15) is 12.5 Å². The third-order valence-corrected chi connectivity index (χ3v) is 3.31. The molecular weight excluding hydrogens is 288 g/mol. The second kappa shape index (κ2) is 6.93. The maximum absolute atomic E-state index is 12.0. The van der Waals surface area contributed by atoms with Crippen molar-refractivity contribution in [2.24, 2.45) is 0 Å². The van der Waals surface area contributed by atoms with Crippen LogP contribution in [0.3, 0.4) is 0 Å². The molecule has 7 nitrogen and oxygen atoms in total. The first kappa shape index (κ1) is 15.8. The van der Waals surface area contributed by atoms with Crippen LogP contribution in [0, 0.1) is 0 Å². The van der Waals surface area contributed by atoms with Crippen molar-refractivity contribution in [3.8, 4) is 5.75 Å². The monoisotopic (exact) mass is 306 g/mol. The first-order chi connectivity index (χ1) is 10.5. The predicted octanol–water partition coefficient (Wildman–Crippen LogP) is 0.721. The molecule has 2 rings (SSSR count). The standard InChI is InChI=1S/C15H18N2O5/c1-10(14(19)17-8-7-16-15(17)20)22-13(18)9-11-5-3-4-6-12(11)21-2/h3-6,10H,7-9H2,1-2H3,(H,16,20)/t10-/m0/s1. The summed E-state index contributed by atoms with van der Waals surface area (Å²) in [6.07, 6.45) is -1.01. The van der Waals surface area contributed by atoms with Gasteiger partial charge < -0.3 is 14.8 Å². The lowest BCUT2D eigenvalue weighted by molar-refractivity contribution is -0.156. The van der Waals surface area contributed by atoms with E-state index >= 15 is 0 Å². The number of methoxy groups -OCH3 is 1.